The van der Waals surface area contributed by atoms with E-state index in [1.165, 1.54) is 12.1 Å². The summed E-state index contributed by atoms with van der Waals surface area (Å²) >= 11 is 0. The molecule has 0 spiro atoms. The molecule has 0 aliphatic carbocycles. The van der Waals surface area contributed by atoms with Gasteiger partial charge in [0.1, 0.15) is 11.7 Å². The third-order valence-corrected chi connectivity index (χ3v) is 9.68. The molecule has 1 N–H and O–H groups in total. The molecular formula is C22H34F3NO5Si. The highest BCUT2D eigenvalue weighted by Gasteiger charge is 2.44. The predicted molar refractivity (Wildman–Crippen MR) is 118 cm³/mol. The van der Waals surface area contributed by atoms with Crippen molar-refractivity contribution in [2.75, 3.05) is 7.11 Å². The summed E-state index contributed by atoms with van der Waals surface area (Å²) in [5.74, 6) is -0.806. The Morgan fingerprint density at radius 1 is 0.969 bits per heavy atom. The number of halogens is 3. The van der Waals surface area contributed by atoms with Gasteiger partial charge in [-0.15, -0.1) is 0 Å². The van der Waals surface area contributed by atoms with Crippen molar-refractivity contribution >= 4 is 20.4 Å². The van der Waals surface area contributed by atoms with Gasteiger partial charge in [0.05, 0.1) is 12.7 Å². The number of rotatable bonds is 6. The maximum absolute atomic E-state index is 13.0. The van der Waals surface area contributed by atoms with E-state index < -0.39 is 49.9 Å². The lowest BCUT2D eigenvalue weighted by Gasteiger charge is -2.41. The molecule has 0 saturated heterocycles. The minimum atomic E-state index is -4.51. The molecule has 10 heteroatoms. The number of carbonyl (C=O) groups is 2. The van der Waals surface area contributed by atoms with Gasteiger partial charge in [0.15, 0.2) is 14.4 Å². The molecule has 1 aromatic rings. The summed E-state index contributed by atoms with van der Waals surface area (Å²) in [6, 6.07) is 2.99. The number of amides is 1. The zero-order chi connectivity index (χ0) is 25.1. The van der Waals surface area contributed by atoms with E-state index in [9.17, 15) is 22.8 Å². The van der Waals surface area contributed by atoms with Crippen molar-refractivity contribution in [1.82, 2.24) is 5.32 Å². The summed E-state index contributed by atoms with van der Waals surface area (Å²) in [7, 11) is -1.39. The lowest BCUT2D eigenvalue weighted by molar-refractivity contribution is -0.146. The maximum Gasteiger partial charge on any atom is 0.416 e. The Labute approximate surface area is 188 Å². The second-order valence-electron chi connectivity index (χ2n) is 10.1. The molecule has 1 amide bonds. The van der Waals surface area contributed by atoms with E-state index in [2.05, 4.69) is 5.32 Å². The molecule has 0 aliphatic rings. The third-order valence-electron chi connectivity index (χ3n) is 5.22. The number of esters is 1. The van der Waals surface area contributed by atoms with Crippen molar-refractivity contribution in [3.63, 3.8) is 0 Å². The first-order chi connectivity index (χ1) is 14.3. The van der Waals surface area contributed by atoms with Crippen LogP contribution in [0.2, 0.25) is 18.1 Å². The summed E-state index contributed by atoms with van der Waals surface area (Å²) in [6.07, 6.45) is -6.47. The fourth-order valence-corrected chi connectivity index (χ4v) is 3.76. The Morgan fingerprint density at radius 2 is 1.47 bits per heavy atom. The average Bonchev–Trinajstić information content (AvgIpc) is 2.61. The summed E-state index contributed by atoms with van der Waals surface area (Å²) in [5, 5.41) is 2.21. The van der Waals surface area contributed by atoms with Crippen LogP contribution >= 0.6 is 0 Å². The zero-order valence-electron chi connectivity index (χ0n) is 20.1. The molecule has 0 saturated carbocycles. The van der Waals surface area contributed by atoms with Gasteiger partial charge in [0.25, 0.3) is 0 Å². The van der Waals surface area contributed by atoms with Gasteiger partial charge in [-0.05, 0) is 56.6 Å². The summed E-state index contributed by atoms with van der Waals surface area (Å²) in [6.45, 7) is 14.8. The fraction of sp³-hybridized carbons (Fsp3) is 0.636. The highest BCUT2D eigenvalue weighted by Crippen LogP contribution is 2.41. The van der Waals surface area contributed by atoms with Gasteiger partial charge in [-0.25, -0.2) is 9.59 Å². The molecule has 6 nitrogen and oxygen atoms in total. The van der Waals surface area contributed by atoms with Crippen molar-refractivity contribution in [1.29, 1.82) is 0 Å². The lowest BCUT2D eigenvalue weighted by atomic mass is 10.0. The Bertz CT molecular complexity index is 796. The van der Waals surface area contributed by atoms with E-state index in [4.69, 9.17) is 13.9 Å². The van der Waals surface area contributed by atoms with E-state index in [0.29, 0.717) is 5.56 Å². The van der Waals surface area contributed by atoms with E-state index in [1.807, 2.05) is 33.9 Å². The molecule has 0 aliphatic heterocycles. The van der Waals surface area contributed by atoms with Gasteiger partial charge < -0.3 is 19.2 Å². The molecule has 182 valence electrons. The normalized spacial score (nSPS) is 15.0. The van der Waals surface area contributed by atoms with E-state index in [1.54, 1.807) is 20.8 Å². The molecule has 2 unspecified atom stereocenters. The zero-order valence-corrected chi connectivity index (χ0v) is 21.1. The number of benzene rings is 1. The predicted octanol–water partition coefficient (Wildman–Crippen LogP) is 5.83. The minimum Gasteiger partial charge on any atom is -0.467 e. The number of methoxy groups -OCH3 is 1. The van der Waals surface area contributed by atoms with Gasteiger partial charge in [-0.3, -0.25) is 0 Å². The standard InChI is InChI=1S/C22H34F3NO5Si/c1-20(2,3)30-19(28)26-16(18(27)29-7)17(31-32(8,9)21(4,5)6)14-10-12-15(13-11-14)22(23,24)25/h10-13,16-17H,1-9H3,(H,26,28). The quantitative estimate of drug-likeness (QED) is 0.412. The number of ether oxygens (including phenoxy) is 2. The largest absolute Gasteiger partial charge is 0.467 e. The average molecular weight is 478 g/mol. The van der Waals surface area contributed by atoms with Crippen LogP contribution in [0, 0.1) is 0 Å². The second kappa shape index (κ2) is 9.82. The molecule has 1 aromatic carbocycles. The van der Waals surface area contributed by atoms with Crippen molar-refractivity contribution < 1.29 is 36.7 Å². The van der Waals surface area contributed by atoms with Gasteiger partial charge in [-0.1, -0.05) is 32.9 Å². The molecule has 0 fully saturated rings. The van der Waals surface area contributed by atoms with Crippen molar-refractivity contribution in [3.05, 3.63) is 35.4 Å². The Kier molecular flexibility index (Phi) is 8.58. The highest BCUT2D eigenvalue weighted by molar-refractivity contribution is 6.74. The monoisotopic (exact) mass is 477 g/mol. The van der Waals surface area contributed by atoms with Crippen LogP contribution in [0.25, 0.3) is 0 Å². The first-order valence-electron chi connectivity index (χ1n) is 10.2. The Hall–Kier alpha value is -2.07. The smallest absolute Gasteiger partial charge is 0.416 e. The molecule has 1 rings (SSSR count). The van der Waals surface area contributed by atoms with Gasteiger partial charge in [0.2, 0.25) is 0 Å². The topological polar surface area (TPSA) is 73.9 Å². The number of carbonyl (C=O) groups excluding carboxylic acids is 2. The number of nitrogens with one attached hydrogen (secondary N) is 1. The fourth-order valence-electron chi connectivity index (χ4n) is 2.50. The van der Waals surface area contributed by atoms with Crippen LogP contribution < -0.4 is 5.32 Å². The Morgan fingerprint density at radius 3 is 1.84 bits per heavy atom. The van der Waals surface area contributed by atoms with Crippen LogP contribution in [0.4, 0.5) is 18.0 Å². The SMILES string of the molecule is COC(=O)C(NC(=O)OC(C)(C)C)C(O[Si](C)(C)C(C)(C)C)c1ccc(C(F)(F)F)cc1. The van der Waals surface area contributed by atoms with Crippen LogP contribution in [-0.4, -0.2) is 39.1 Å². The van der Waals surface area contributed by atoms with Gasteiger partial charge >= 0.3 is 18.2 Å². The van der Waals surface area contributed by atoms with Crippen molar-refractivity contribution in [2.24, 2.45) is 0 Å². The van der Waals surface area contributed by atoms with Crippen LogP contribution in [-0.2, 0) is 24.9 Å². The number of hydrogen-bond donors (Lipinski definition) is 1. The molecule has 32 heavy (non-hydrogen) atoms. The van der Waals surface area contributed by atoms with Crippen LogP contribution in [0.1, 0.15) is 58.8 Å². The van der Waals surface area contributed by atoms with Crippen molar-refractivity contribution in [2.45, 2.75) is 83.6 Å². The molecule has 0 radical (unpaired) electrons. The van der Waals surface area contributed by atoms with E-state index >= 15 is 0 Å². The Balaban J connectivity index is 3.48. The number of hydrogen-bond acceptors (Lipinski definition) is 5. The molecule has 2 atom stereocenters. The second-order valence-corrected chi connectivity index (χ2v) is 14.8. The molecule has 0 aromatic heterocycles. The summed E-state index contributed by atoms with van der Waals surface area (Å²) < 4.78 is 55.7. The van der Waals surface area contributed by atoms with E-state index in [-0.39, 0.29) is 5.04 Å². The first-order valence-corrected chi connectivity index (χ1v) is 13.1. The molecule has 0 heterocycles. The number of alkyl carbamates (subject to hydrolysis) is 1. The van der Waals surface area contributed by atoms with E-state index in [0.717, 1.165) is 19.2 Å². The number of alkyl halides is 3. The molecule has 0 bridgehead atoms. The van der Waals surface area contributed by atoms with Crippen molar-refractivity contribution in [3.8, 4) is 0 Å². The third kappa shape index (κ3) is 7.81. The highest BCUT2D eigenvalue weighted by atomic mass is 28.4. The van der Waals surface area contributed by atoms with Crippen LogP contribution in [0.3, 0.4) is 0 Å². The van der Waals surface area contributed by atoms with Gasteiger partial charge in [0, 0.05) is 0 Å². The van der Waals surface area contributed by atoms with Crippen LogP contribution in [0.5, 0.6) is 0 Å². The first kappa shape index (κ1) is 28.0. The lowest BCUT2D eigenvalue weighted by Crippen LogP contribution is -2.52. The summed E-state index contributed by atoms with van der Waals surface area (Å²) in [4.78, 5) is 25.1. The maximum atomic E-state index is 13.0. The summed E-state index contributed by atoms with van der Waals surface area (Å²) in [5.41, 5.74) is -1.36. The van der Waals surface area contributed by atoms with Crippen LogP contribution in [0.15, 0.2) is 24.3 Å². The van der Waals surface area contributed by atoms with Gasteiger partial charge in [-0.2, -0.15) is 13.2 Å². The minimum absolute atomic E-state index is 0.274. The molecular weight excluding hydrogens is 443 g/mol.